The van der Waals surface area contributed by atoms with Gasteiger partial charge in [-0.05, 0) is 41.3 Å². The van der Waals surface area contributed by atoms with Gasteiger partial charge in [0, 0.05) is 31.7 Å². The van der Waals surface area contributed by atoms with E-state index in [1.165, 1.54) is 20.8 Å². The van der Waals surface area contributed by atoms with Gasteiger partial charge < -0.3 is 24.1 Å². The maximum Gasteiger partial charge on any atom is 0.303 e. The molecule has 35 heavy (non-hydrogen) atoms. The van der Waals surface area contributed by atoms with Crippen molar-refractivity contribution in [2.24, 2.45) is 5.92 Å². The fraction of sp³-hybridized carbons (Fsp3) is 0.423. The van der Waals surface area contributed by atoms with Crippen molar-refractivity contribution in [3.8, 4) is 5.75 Å². The van der Waals surface area contributed by atoms with Crippen molar-refractivity contribution in [2.45, 2.75) is 58.5 Å². The Balaban J connectivity index is 1.99. The summed E-state index contributed by atoms with van der Waals surface area (Å²) in [7, 11) is 0. The number of ether oxygens (including phenoxy) is 4. The molecule has 0 spiro atoms. The minimum Gasteiger partial charge on any atom is -0.508 e. The topological polar surface area (TPSA) is 108 Å². The molecule has 0 aromatic heterocycles. The first-order chi connectivity index (χ1) is 16.5. The summed E-state index contributed by atoms with van der Waals surface area (Å²) in [6.07, 6.45) is -2.69. The van der Waals surface area contributed by atoms with E-state index in [1.807, 2.05) is 6.07 Å². The molecule has 1 unspecified atom stereocenters. The molecular formula is C26H29ClO8. The molecule has 5 atom stereocenters. The van der Waals surface area contributed by atoms with Gasteiger partial charge in [-0.2, -0.15) is 0 Å². The predicted molar refractivity (Wildman–Crippen MR) is 127 cm³/mol. The number of carbonyl (C=O) groups excluding carboxylic acids is 3. The Kier molecular flexibility index (Phi) is 8.75. The van der Waals surface area contributed by atoms with Crippen LogP contribution in [0.3, 0.4) is 0 Å². The van der Waals surface area contributed by atoms with E-state index >= 15 is 0 Å². The molecular weight excluding hydrogens is 476 g/mol. The summed E-state index contributed by atoms with van der Waals surface area (Å²) in [5.41, 5.74) is 2.38. The molecule has 8 nitrogen and oxygen atoms in total. The van der Waals surface area contributed by atoms with Crippen molar-refractivity contribution in [3.63, 3.8) is 0 Å². The predicted octanol–water partition coefficient (Wildman–Crippen LogP) is 4.14. The normalized spacial score (nSPS) is 23.9. The Morgan fingerprint density at radius 3 is 2.17 bits per heavy atom. The van der Waals surface area contributed by atoms with Crippen LogP contribution >= 0.6 is 11.6 Å². The van der Waals surface area contributed by atoms with Gasteiger partial charge in [0.15, 0.2) is 6.10 Å². The van der Waals surface area contributed by atoms with Crippen LogP contribution in [0.5, 0.6) is 5.75 Å². The number of rotatable bonds is 7. The number of esters is 3. The highest BCUT2D eigenvalue weighted by molar-refractivity contribution is 6.31. The Hall–Kier alpha value is -3.10. The van der Waals surface area contributed by atoms with Gasteiger partial charge in [-0.25, -0.2) is 0 Å². The Morgan fingerprint density at radius 2 is 1.57 bits per heavy atom. The average molecular weight is 505 g/mol. The molecule has 2 aromatic rings. The quantitative estimate of drug-likeness (QED) is 0.442. The largest absolute Gasteiger partial charge is 0.508 e. The summed E-state index contributed by atoms with van der Waals surface area (Å²) in [4.78, 5) is 35.3. The third kappa shape index (κ3) is 6.96. The van der Waals surface area contributed by atoms with Crippen LogP contribution in [0.1, 0.15) is 50.5 Å². The van der Waals surface area contributed by atoms with E-state index in [4.69, 9.17) is 30.5 Å². The number of halogens is 1. The van der Waals surface area contributed by atoms with Crippen molar-refractivity contribution in [1.29, 1.82) is 0 Å². The van der Waals surface area contributed by atoms with Gasteiger partial charge >= 0.3 is 17.9 Å². The van der Waals surface area contributed by atoms with Crippen molar-refractivity contribution in [3.05, 3.63) is 64.2 Å². The minimum atomic E-state index is -0.928. The maximum absolute atomic E-state index is 12.0. The van der Waals surface area contributed by atoms with Crippen molar-refractivity contribution < 1.29 is 38.4 Å². The van der Waals surface area contributed by atoms with E-state index in [2.05, 4.69) is 0 Å². The zero-order valence-corrected chi connectivity index (χ0v) is 20.8. The van der Waals surface area contributed by atoms with E-state index in [-0.39, 0.29) is 12.4 Å². The molecule has 0 aliphatic carbocycles. The highest BCUT2D eigenvalue weighted by Gasteiger charge is 2.48. The second-order valence-corrected chi connectivity index (χ2v) is 9.01. The summed E-state index contributed by atoms with van der Waals surface area (Å²) in [6.45, 7) is 5.58. The number of hydrogen-bond donors (Lipinski definition) is 1. The van der Waals surface area contributed by atoms with Crippen LogP contribution in [0, 0.1) is 5.92 Å². The molecule has 0 amide bonds. The van der Waals surface area contributed by atoms with E-state index in [0.717, 1.165) is 11.1 Å². The smallest absolute Gasteiger partial charge is 0.303 e. The highest BCUT2D eigenvalue weighted by Crippen LogP contribution is 2.40. The fourth-order valence-electron chi connectivity index (χ4n) is 4.16. The second-order valence-electron chi connectivity index (χ2n) is 8.60. The molecule has 0 bridgehead atoms. The van der Waals surface area contributed by atoms with Crippen LogP contribution in [0.4, 0.5) is 0 Å². The number of carbonyl (C=O) groups is 3. The van der Waals surface area contributed by atoms with Crippen LogP contribution in [-0.4, -0.2) is 47.9 Å². The second kappa shape index (κ2) is 11.6. The molecule has 1 aliphatic heterocycles. The fourth-order valence-corrected chi connectivity index (χ4v) is 4.34. The average Bonchev–Trinajstić information content (AvgIpc) is 2.78. The van der Waals surface area contributed by atoms with Gasteiger partial charge in [-0.3, -0.25) is 14.4 Å². The van der Waals surface area contributed by atoms with Gasteiger partial charge in [0.05, 0.1) is 6.10 Å². The maximum atomic E-state index is 12.0. The molecule has 2 aromatic carbocycles. The molecule has 1 fully saturated rings. The first-order valence-electron chi connectivity index (χ1n) is 11.2. The van der Waals surface area contributed by atoms with Gasteiger partial charge in [-0.15, -0.1) is 0 Å². The molecule has 188 valence electrons. The first kappa shape index (κ1) is 26.5. The summed E-state index contributed by atoms with van der Waals surface area (Å²) in [5.74, 6) is -1.81. The van der Waals surface area contributed by atoms with Gasteiger partial charge in [0.1, 0.15) is 24.6 Å². The van der Waals surface area contributed by atoms with Crippen LogP contribution in [0.15, 0.2) is 42.5 Å². The summed E-state index contributed by atoms with van der Waals surface area (Å²) in [6, 6.07) is 12.1. The monoisotopic (exact) mass is 504 g/mol. The Bertz CT molecular complexity index is 1070. The van der Waals surface area contributed by atoms with E-state index in [0.29, 0.717) is 17.0 Å². The Labute approximate surface area is 209 Å². The van der Waals surface area contributed by atoms with Gasteiger partial charge in [0.2, 0.25) is 0 Å². The molecule has 3 rings (SSSR count). The standard InChI is InChI=1S/C26H29ClO8/c1-14-23(13-32-15(2)28)35-25(26(34-17(4)30)24(14)33-16(3)29)19-7-10-22(27)20(12-19)11-18-5-8-21(31)9-6-18/h5-10,12,14,23-26,31H,11,13H2,1-4H3/t14?,23-,24+,25+,26-/m1/s1. The highest BCUT2D eigenvalue weighted by atomic mass is 35.5. The van der Waals surface area contributed by atoms with E-state index in [9.17, 15) is 19.5 Å². The molecule has 0 radical (unpaired) electrons. The molecule has 1 N–H and O–H groups in total. The van der Waals surface area contributed by atoms with Gasteiger partial charge in [0.25, 0.3) is 0 Å². The third-order valence-corrected chi connectivity index (χ3v) is 6.20. The lowest BCUT2D eigenvalue weighted by atomic mass is 9.85. The molecule has 1 saturated heterocycles. The van der Waals surface area contributed by atoms with Crippen LogP contribution in [0.25, 0.3) is 0 Å². The summed E-state index contributed by atoms with van der Waals surface area (Å²) >= 11 is 6.47. The van der Waals surface area contributed by atoms with Crippen LogP contribution < -0.4 is 0 Å². The molecule has 1 aliphatic rings. The lowest BCUT2D eigenvalue weighted by molar-refractivity contribution is -0.232. The number of phenolic OH excluding ortho intramolecular Hbond substituents is 1. The van der Waals surface area contributed by atoms with E-state index < -0.39 is 48.2 Å². The van der Waals surface area contributed by atoms with Crippen molar-refractivity contribution in [2.75, 3.05) is 6.61 Å². The lowest BCUT2D eigenvalue weighted by Gasteiger charge is -2.44. The summed E-state index contributed by atoms with van der Waals surface area (Å²) in [5, 5.41) is 10.1. The zero-order chi connectivity index (χ0) is 25.7. The van der Waals surface area contributed by atoms with E-state index in [1.54, 1.807) is 43.3 Å². The zero-order valence-electron chi connectivity index (χ0n) is 20.0. The number of benzene rings is 2. The third-order valence-electron chi connectivity index (χ3n) is 5.83. The molecule has 1 heterocycles. The van der Waals surface area contributed by atoms with Crippen LogP contribution in [0.2, 0.25) is 5.02 Å². The molecule has 9 heteroatoms. The van der Waals surface area contributed by atoms with Gasteiger partial charge in [-0.1, -0.05) is 42.8 Å². The SMILES string of the molecule is CC(=O)OC[C@H]1O[C@@H](c2ccc(Cl)c(Cc3ccc(O)cc3)c2)[C@H](OC(C)=O)[C@@H](OC(C)=O)C1C. The number of aromatic hydroxyl groups is 1. The lowest BCUT2D eigenvalue weighted by Crippen LogP contribution is -2.54. The van der Waals surface area contributed by atoms with Crippen molar-refractivity contribution in [1.82, 2.24) is 0 Å². The number of hydrogen-bond acceptors (Lipinski definition) is 8. The molecule has 0 saturated carbocycles. The minimum absolute atomic E-state index is 0.0501. The van der Waals surface area contributed by atoms with Crippen LogP contribution in [-0.2, 0) is 39.8 Å². The summed E-state index contributed by atoms with van der Waals surface area (Å²) < 4.78 is 22.7. The number of phenols is 1. The van der Waals surface area contributed by atoms with Crippen molar-refractivity contribution >= 4 is 29.5 Å². The Morgan fingerprint density at radius 1 is 0.943 bits per heavy atom. The first-order valence-corrected chi connectivity index (χ1v) is 11.6.